The molecular weight excluding hydrogens is 224 g/mol. The molecule has 0 aliphatic rings. The molecule has 1 amide bonds. The largest absolute Gasteiger partial charge is 0.366 e. The number of nitrogens with two attached hydrogens (primary N) is 1. The van der Waals surface area contributed by atoms with Crippen molar-refractivity contribution in [2.75, 3.05) is 0 Å². The summed E-state index contributed by atoms with van der Waals surface area (Å²) in [7, 11) is 0. The normalized spacial score (nSPS) is 12.7. The van der Waals surface area contributed by atoms with Gasteiger partial charge >= 0.3 is 0 Å². The molecule has 0 radical (unpaired) electrons. The maximum Gasteiger partial charge on any atom is 0.248 e. The minimum atomic E-state index is -0.370. The topological polar surface area (TPSA) is 55.1 Å². The molecule has 18 heavy (non-hydrogen) atoms. The molecule has 0 spiro atoms. The number of amides is 1. The van der Waals surface area contributed by atoms with E-state index in [0.717, 1.165) is 12.1 Å². The summed E-state index contributed by atoms with van der Waals surface area (Å²) >= 11 is 0. The fourth-order valence-electron chi connectivity index (χ4n) is 2.12. The first-order valence-electron chi connectivity index (χ1n) is 6.53. The molecule has 0 aromatic heterocycles. The number of rotatable bonds is 6. The van der Waals surface area contributed by atoms with E-state index in [0.29, 0.717) is 17.5 Å². The zero-order valence-electron chi connectivity index (χ0n) is 11.8. The van der Waals surface area contributed by atoms with E-state index in [-0.39, 0.29) is 5.91 Å². The fourth-order valence-corrected chi connectivity index (χ4v) is 2.12. The van der Waals surface area contributed by atoms with Crippen molar-refractivity contribution in [1.29, 1.82) is 0 Å². The lowest BCUT2D eigenvalue weighted by Gasteiger charge is -2.17. The predicted molar refractivity (Wildman–Crippen MR) is 75.5 cm³/mol. The van der Waals surface area contributed by atoms with Crippen molar-refractivity contribution < 1.29 is 4.79 Å². The summed E-state index contributed by atoms with van der Waals surface area (Å²) in [4.78, 5) is 11.1. The van der Waals surface area contributed by atoms with E-state index in [1.165, 1.54) is 12.0 Å². The predicted octanol–water partition coefficient (Wildman–Crippen LogP) is 2.62. The van der Waals surface area contributed by atoms with Crippen LogP contribution in [0.4, 0.5) is 0 Å². The number of primary amides is 1. The number of benzene rings is 1. The maximum atomic E-state index is 11.1. The highest BCUT2D eigenvalue weighted by Gasteiger charge is 2.07. The van der Waals surface area contributed by atoms with Crippen LogP contribution >= 0.6 is 0 Å². The van der Waals surface area contributed by atoms with Crippen molar-refractivity contribution >= 4 is 5.91 Å². The van der Waals surface area contributed by atoms with E-state index in [1.54, 1.807) is 6.07 Å². The number of hydrogen-bond donors (Lipinski definition) is 2. The zero-order chi connectivity index (χ0) is 13.7. The van der Waals surface area contributed by atoms with E-state index < -0.39 is 0 Å². The maximum absolute atomic E-state index is 11.1. The van der Waals surface area contributed by atoms with Crippen LogP contribution in [0.3, 0.4) is 0 Å². The molecule has 1 aromatic carbocycles. The second-order valence-corrected chi connectivity index (χ2v) is 5.42. The van der Waals surface area contributed by atoms with Crippen LogP contribution in [0.5, 0.6) is 0 Å². The van der Waals surface area contributed by atoms with Gasteiger partial charge in [-0.15, -0.1) is 0 Å². The third-order valence-corrected chi connectivity index (χ3v) is 3.09. The Labute approximate surface area is 110 Å². The Kier molecular flexibility index (Phi) is 5.35. The van der Waals surface area contributed by atoms with Crippen LogP contribution in [-0.2, 0) is 6.54 Å². The molecule has 0 saturated carbocycles. The number of hydrogen-bond acceptors (Lipinski definition) is 2. The Hall–Kier alpha value is -1.35. The van der Waals surface area contributed by atoms with Crippen molar-refractivity contribution in [3.8, 4) is 0 Å². The van der Waals surface area contributed by atoms with Gasteiger partial charge in [0.2, 0.25) is 5.91 Å². The Morgan fingerprint density at radius 1 is 1.33 bits per heavy atom. The third-order valence-electron chi connectivity index (χ3n) is 3.09. The van der Waals surface area contributed by atoms with E-state index >= 15 is 0 Å². The van der Waals surface area contributed by atoms with Crippen molar-refractivity contribution in [2.45, 2.75) is 46.7 Å². The van der Waals surface area contributed by atoms with Gasteiger partial charge in [-0.2, -0.15) is 0 Å². The third kappa shape index (κ3) is 4.49. The minimum absolute atomic E-state index is 0.370. The van der Waals surface area contributed by atoms with Gasteiger partial charge in [-0.1, -0.05) is 19.9 Å². The van der Waals surface area contributed by atoms with Crippen molar-refractivity contribution in [2.24, 2.45) is 11.7 Å². The van der Waals surface area contributed by atoms with Crippen molar-refractivity contribution in [1.82, 2.24) is 5.32 Å². The van der Waals surface area contributed by atoms with E-state index in [2.05, 4.69) is 26.1 Å². The summed E-state index contributed by atoms with van der Waals surface area (Å²) in [5.74, 6) is 0.330. The summed E-state index contributed by atoms with van der Waals surface area (Å²) in [5, 5.41) is 3.50. The highest BCUT2D eigenvalue weighted by molar-refractivity contribution is 5.93. The molecule has 3 heteroatoms. The quantitative estimate of drug-likeness (QED) is 0.813. The smallest absolute Gasteiger partial charge is 0.248 e. The minimum Gasteiger partial charge on any atom is -0.366 e. The summed E-state index contributed by atoms with van der Waals surface area (Å²) in [5.41, 5.74) is 8.16. The molecule has 3 nitrogen and oxygen atoms in total. The van der Waals surface area contributed by atoms with Crippen LogP contribution in [0, 0.1) is 12.8 Å². The SMILES string of the molecule is Cc1cc(C(N)=O)ccc1CNC(C)CC(C)C. The van der Waals surface area contributed by atoms with Gasteiger partial charge < -0.3 is 11.1 Å². The Balaban J connectivity index is 2.60. The number of carbonyl (C=O) groups is 1. The zero-order valence-corrected chi connectivity index (χ0v) is 11.8. The van der Waals surface area contributed by atoms with Gasteiger partial charge in [0.05, 0.1) is 0 Å². The van der Waals surface area contributed by atoms with Crippen LogP contribution in [0.2, 0.25) is 0 Å². The molecule has 1 atom stereocenters. The molecule has 0 saturated heterocycles. The van der Waals surface area contributed by atoms with Crippen LogP contribution < -0.4 is 11.1 Å². The first kappa shape index (κ1) is 14.7. The van der Waals surface area contributed by atoms with Gasteiger partial charge in [-0.25, -0.2) is 0 Å². The van der Waals surface area contributed by atoms with Crippen molar-refractivity contribution in [3.63, 3.8) is 0 Å². The van der Waals surface area contributed by atoms with E-state index in [9.17, 15) is 4.79 Å². The Morgan fingerprint density at radius 3 is 2.50 bits per heavy atom. The molecule has 0 fully saturated rings. The molecule has 0 aliphatic heterocycles. The monoisotopic (exact) mass is 248 g/mol. The molecule has 0 heterocycles. The second kappa shape index (κ2) is 6.55. The standard InChI is InChI=1S/C15H24N2O/c1-10(2)7-12(4)17-9-14-6-5-13(15(16)18)8-11(14)3/h5-6,8,10,12,17H,7,9H2,1-4H3,(H2,16,18). The second-order valence-electron chi connectivity index (χ2n) is 5.42. The molecule has 0 aliphatic carbocycles. The lowest BCUT2D eigenvalue weighted by Crippen LogP contribution is -2.27. The first-order chi connectivity index (χ1) is 8.40. The highest BCUT2D eigenvalue weighted by atomic mass is 16.1. The highest BCUT2D eigenvalue weighted by Crippen LogP contribution is 2.12. The fraction of sp³-hybridized carbons (Fsp3) is 0.533. The molecular formula is C15H24N2O. The van der Waals surface area contributed by atoms with Crippen molar-refractivity contribution in [3.05, 3.63) is 34.9 Å². The number of carbonyl (C=O) groups excluding carboxylic acids is 1. The molecule has 100 valence electrons. The average Bonchev–Trinajstić information content (AvgIpc) is 2.26. The van der Waals surface area contributed by atoms with Crippen LogP contribution in [0.15, 0.2) is 18.2 Å². The average molecular weight is 248 g/mol. The van der Waals surface area contributed by atoms with Gasteiger partial charge in [0.1, 0.15) is 0 Å². The number of aryl methyl sites for hydroxylation is 1. The molecule has 1 aromatic rings. The molecule has 0 bridgehead atoms. The molecule has 1 rings (SSSR count). The van der Waals surface area contributed by atoms with Crippen LogP contribution in [0.1, 0.15) is 48.7 Å². The summed E-state index contributed by atoms with van der Waals surface area (Å²) in [6.45, 7) is 9.50. The van der Waals surface area contributed by atoms with Gasteiger partial charge in [0.25, 0.3) is 0 Å². The lowest BCUT2D eigenvalue weighted by atomic mass is 10.0. The Bertz CT molecular complexity index is 413. The van der Waals surface area contributed by atoms with Gasteiger partial charge in [-0.3, -0.25) is 4.79 Å². The van der Waals surface area contributed by atoms with Crippen LogP contribution in [0.25, 0.3) is 0 Å². The summed E-state index contributed by atoms with van der Waals surface area (Å²) < 4.78 is 0. The number of nitrogens with one attached hydrogen (secondary N) is 1. The first-order valence-corrected chi connectivity index (χ1v) is 6.53. The molecule has 3 N–H and O–H groups in total. The lowest BCUT2D eigenvalue weighted by molar-refractivity contribution is 0.1000. The molecule has 1 unspecified atom stereocenters. The van der Waals surface area contributed by atoms with E-state index in [4.69, 9.17) is 5.73 Å². The van der Waals surface area contributed by atoms with E-state index in [1.807, 2.05) is 19.1 Å². The van der Waals surface area contributed by atoms with Gasteiger partial charge in [0.15, 0.2) is 0 Å². The Morgan fingerprint density at radius 2 is 2.00 bits per heavy atom. The summed E-state index contributed by atoms with van der Waals surface area (Å²) in [6.07, 6.45) is 1.17. The van der Waals surface area contributed by atoms with Gasteiger partial charge in [-0.05, 0) is 49.4 Å². The summed E-state index contributed by atoms with van der Waals surface area (Å²) in [6, 6.07) is 6.12. The van der Waals surface area contributed by atoms with Gasteiger partial charge in [0, 0.05) is 18.2 Å². The van der Waals surface area contributed by atoms with Crippen LogP contribution in [-0.4, -0.2) is 11.9 Å².